The predicted molar refractivity (Wildman–Crippen MR) is 109 cm³/mol. The number of amides is 2. The van der Waals surface area contributed by atoms with Gasteiger partial charge in [-0.2, -0.15) is 0 Å². The van der Waals surface area contributed by atoms with E-state index in [4.69, 9.17) is 10.5 Å². The first-order valence-corrected chi connectivity index (χ1v) is 10.3. The molecule has 2 saturated heterocycles. The van der Waals surface area contributed by atoms with Crippen molar-refractivity contribution in [2.45, 2.75) is 51.2 Å². The van der Waals surface area contributed by atoms with Gasteiger partial charge >= 0.3 is 0 Å². The number of carbonyl (C=O) groups is 3. The maximum Gasteiger partial charge on any atom is 0.228 e. The number of carbonyl (C=O) groups excluding carboxylic acids is 3. The van der Waals surface area contributed by atoms with Gasteiger partial charge in [0, 0.05) is 13.0 Å². The lowest BCUT2D eigenvalue weighted by Crippen LogP contribution is -2.51. The molecule has 2 heterocycles. The first-order chi connectivity index (χ1) is 13.8. The summed E-state index contributed by atoms with van der Waals surface area (Å²) in [7, 11) is 0. The maximum absolute atomic E-state index is 13.4. The molecule has 2 aliphatic rings. The molecule has 0 aromatic heterocycles. The molecule has 3 N–H and O–H groups in total. The minimum Gasteiger partial charge on any atom is -0.370 e. The van der Waals surface area contributed by atoms with Crippen molar-refractivity contribution in [2.24, 2.45) is 11.1 Å². The normalized spacial score (nSPS) is 23.9. The first-order valence-electron chi connectivity index (χ1n) is 10.3. The SMILES string of the molecule is CC(C)(CC(N)=O)C(C(=O)NC1C(=O)COC1CN1CCCC1)c1ccccc1. The molecule has 1 aromatic rings. The number of primary amides is 1. The number of benzene rings is 1. The van der Waals surface area contributed by atoms with Crippen molar-refractivity contribution < 1.29 is 19.1 Å². The Morgan fingerprint density at radius 2 is 1.90 bits per heavy atom. The largest absolute Gasteiger partial charge is 0.370 e. The molecule has 3 atom stereocenters. The Morgan fingerprint density at radius 3 is 2.52 bits per heavy atom. The fourth-order valence-electron chi connectivity index (χ4n) is 4.52. The zero-order valence-corrected chi connectivity index (χ0v) is 17.2. The van der Waals surface area contributed by atoms with Gasteiger partial charge in [-0.25, -0.2) is 0 Å². The van der Waals surface area contributed by atoms with E-state index in [0.29, 0.717) is 6.54 Å². The van der Waals surface area contributed by atoms with Crippen molar-refractivity contribution in [3.05, 3.63) is 35.9 Å². The van der Waals surface area contributed by atoms with Gasteiger partial charge in [-0.15, -0.1) is 0 Å². The van der Waals surface area contributed by atoms with Crippen LogP contribution in [0, 0.1) is 5.41 Å². The van der Waals surface area contributed by atoms with Gasteiger partial charge in [0.15, 0.2) is 5.78 Å². The van der Waals surface area contributed by atoms with Gasteiger partial charge in [0.2, 0.25) is 11.8 Å². The zero-order chi connectivity index (χ0) is 21.0. The van der Waals surface area contributed by atoms with Gasteiger partial charge in [-0.3, -0.25) is 14.4 Å². The Labute approximate surface area is 172 Å². The van der Waals surface area contributed by atoms with Crippen LogP contribution in [0.25, 0.3) is 0 Å². The number of nitrogens with two attached hydrogens (primary N) is 1. The molecule has 1 aromatic carbocycles. The molecule has 7 nitrogen and oxygen atoms in total. The summed E-state index contributed by atoms with van der Waals surface area (Å²) in [6, 6.07) is 8.65. The second-order valence-corrected chi connectivity index (χ2v) is 8.79. The number of rotatable bonds is 8. The van der Waals surface area contributed by atoms with Crippen molar-refractivity contribution >= 4 is 17.6 Å². The number of ketones is 1. The number of hydrogen-bond donors (Lipinski definition) is 2. The molecule has 3 unspecified atom stereocenters. The Morgan fingerprint density at radius 1 is 1.24 bits per heavy atom. The van der Waals surface area contributed by atoms with Crippen molar-refractivity contribution in [1.29, 1.82) is 0 Å². The third-order valence-electron chi connectivity index (χ3n) is 5.90. The third-order valence-corrected chi connectivity index (χ3v) is 5.90. The van der Waals surface area contributed by atoms with E-state index < -0.39 is 23.3 Å². The van der Waals surface area contributed by atoms with Crippen LogP contribution >= 0.6 is 0 Å². The van der Waals surface area contributed by atoms with Gasteiger partial charge < -0.3 is 20.7 Å². The summed E-state index contributed by atoms with van der Waals surface area (Å²) in [5, 5.41) is 2.94. The maximum atomic E-state index is 13.4. The summed E-state index contributed by atoms with van der Waals surface area (Å²) in [6.45, 7) is 6.34. The predicted octanol–water partition coefficient (Wildman–Crippen LogP) is 1.22. The highest BCUT2D eigenvalue weighted by molar-refractivity contribution is 5.94. The molecule has 158 valence electrons. The van der Waals surface area contributed by atoms with Crippen LogP contribution in [-0.2, 0) is 19.1 Å². The number of Topliss-reactive ketones (excluding diaryl/α,β-unsaturated/α-hetero) is 1. The highest BCUT2D eigenvalue weighted by Gasteiger charge is 2.43. The molecule has 2 aliphatic heterocycles. The first kappa shape index (κ1) is 21.5. The van der Waals surface area contributed by atoms with Crippen LogP contribution in [0.15, 0.2) is 30.3 Å². The van der Waals surface area contributed by atoms with E-state index in [2.05, 4.69) is 10.2 Å². The van der Waals surface area contributed by atoms with E-state index in [0.717, 1.165) is 31.5 Å². The van der Waals surface area contributed by atoms with Crippen molar-refractivity contribution in [1.82, 2.24) is 10.2 Å². The van der Waals surface area contributed by atoms with E-state index in [1.165, 1.54) is 0 Å². The lowest BCUT2D eigenvalue weighted by atomic mass is 9.72. The molecule has 7 heteroatoms. The molecule has 2 fully saturated rings. The molecule has 3 rings (SSSR count). The van der Waals surface area contributed by atoms with E-state index in [1.807, 2.05) is 44.2 Å². The number of nitrogens with zero attached hydrogens (tertiary/aromatic N) is 1. The van der Waals surface area contributed by atoms with Crippen LogP contribution in [0.5, 0.6) is 0 Å². The molecule has 2 amide bonds. The van der Waals surface area contributed by atoms with E-state index in [-0.39, 0.29) is 30.8 Å². The lowest BCUT2D eigenvalue weighted by molar-refractivity contribution is -0.130. The summed E-state index contributed by atoms with van der Waals surface area (Å²) < 4.78 is 5.70. The Hall–Kier alpha value is -2.25. The summed E-state index contributed by atoms with van der Waals surface area (Å²) >= 11 is 0. The van der Waals surface area contributed by atoms with Crippen LogP contribution in [0.3, 0.4) is 0 Å². The van der Waals surface area contributed by atoms with Crippen LogP contribution in [0.4, 0.5) is 0 Å². The van der Waals surface area contributed by atoms with Crippen LogP contribution in [-0.4, -0.2) is 60.9 Å². The van der Waals surface area contributed by atoms with Gasteiger partial charge in [-0.1, -0.05) is 44.2 Å². The lowest BCUT2D eigenvalue weighted by Gasteiger charge is -2.34. The summed E-state index contributed by atoms with van der Waals surface area (Å²) in [5.41, 5.74) is 5.53. The quantitative estimate of drug-likeness (QED) is 0.682. The minimum absolute atomic E-state index is 0.0180. The smallest absolute Gasteiger partial charge is 0.228 e. The topological polar surface area (TPSA) is 102 Å². The summed E-state index contributed by atoms with van der Waals surface area (Å²) in [4.78, 5) is 39.7. The van der Waals surface area contributed by atoms with E-state index in [1.54, 1.807) is 0 Å². The minimum atomic E-state index is -0.704. The molecule has 0 spiro atoms. The van der Waals surface area contributed by atoms with Crippen molar-refractivity contribution in [3.8, 4) is 0 Å². The van der Waals surface area contributed by atoms with Crippen molar-refractivity contribution in [2.75, 3.05) is 26.2 Å². The molecule has 0 bridgehead atoms. The third kappa shape index (κ3) is 5.22. The Kier molecular flexibility index (Phi) is 6.70. The fourth-order valence-corrected chi connectivity index (χ4v) is 4.52. The second kappa shape index (κ2) is 9.05. The number of ether oxygens (including phenoxy) is 1. The van der Waals surface area contributed by atoms with Gasteiger partial charge in [0.1, 0.15) is 12.6 Å². The Balaban J connectivity index is 1.79. The standard InChI is InChI=1S/C22H31N3O4/c1-22(2,12-18(23)27)19(15-8-4-3-5-9-15)21(28)24-20-16(26)14-29-17(20)13-25-10-6-7-11-25/h3-5,8-9,17,19-20H,6-7,10-14H2,1-2H3,(H2,23,27)(H,24,28). The summed E-state index contributed by atoms with van der Waals surface area (Å²) in [5.74, 6) is -1.47. The second-order valence-electron chi connectivity index (χ2n) is 8.79. The van der Waals surface area contributed by atoms with Gasteiger partial charge in [0.05, 0.1) is 12.0 Å². The molecular weight excluding hydrogens is 370 g/mol. The van der Waals surface area contributed by atoms with E-state index in [9.17, 15) is 14.4 Å². The van der Waals surface area contributed by atoms with Crippen LogP contribution < -0.4 is 11.1 Å². The monoisotopic (exact) mass is 401 g/mol. The summed E-state index contributed by atoms with van der Waals surface area (Å²) in [6.07, 6.45) is 2.01. The Bertz CT molecular complexity index is 744. The molecule has 0 aliphatic carbocycles. The molecule has 29 heavy (non-hydrogen) atoms. The number of likely N-dealkylation sites (tertiary alicyclic amines) is 1. The number of nitrogens with one attached hydrogen (secondary N) is 1. The van der Waals surface area contributed by atoms with Crippen LogP contribution in [0.1, 0.15) is 44.6 Å². The highest BCUT2D eigenvalue weighted by Crippen LogP contribution is 2.39. The van der Waals surface area contributed by atoms with Gasteiger partial charge in [0.25, 0.3) is 0 Å². The molecular formula is C22H31N3O4. The fraction of sp³-hybridized carbons (Fsp3) is 0.591. The highest BCUT2D eigenvalue weighted by atomic mass is 16.5. The molecule has 0 radical (unpaired) electrons. The number of hydrogen-bond acceptors (Lipinski definition) is 5. The van der Waals surface area contributed by atoms with Crippen LogP contribution in [0.2, 0.25) is 0 Å². The van der Waals surface area contributed by atoms with E-state index >= 15 is 0 Å². The average Bonchev–Trinajstić information content (AvgIpc) is 3.27. The average molecular weight is 402 g/mol. The zero-order valence-electron chi connectivity index (χ0n) is 17.2. The van der Waals surface area contributed by atoms with Gasteiger partial charge in [-0.05, 0) is 36.9 Å². The van der Waals surface area contributed by atoms with Crippen molar-refractivity contribution in [3.63, 3.8) is 0 Å². The molecule has 0 saturated carbocycles.